The van der Waals surface area contributed by atoms with Crippen molar-refractivity contribution in [1.82, 2.24) is 0 Å². The van der Waals surface area contributed by atoms with Gasteiger partial charge < -0.3 is 19.5 Å². The lowest BCUT2D eigenvalue weighted by Crippen LogP contribution is -2.34. The Morgan fingerprint density at radius 2 is 1.89 bits per heavy atom. The van der Waals surface area contributed by atoms with E-state index in [1.165, 1.54) is 0 Å². The number of hydrogen-bond donors (Lipinski definition) is 1. The van der Waals surface area contributed by atoms with Crippen LogP contribution in [0.5, 0.6) is 11.5 Å². The van der Waals surface area contributed by atoms with Crippen molar-refractivity contribution in [3.63, 3.8) is 0 Å². The van der Waals surface area contributed by atoms with Crippen LogP contribution in [-0.4, -0.2) is 19.4 Å². The van der Waals surface area contributed by atoms with Gasteiger partial charge in [-0.05, 0) is 26.0 Å². The molecular weight excluding hydrogens is 344 g/mol. The van der Waals surface area contributed by atoms with Crippen LogP contribution in [-0.2, 0) is 11.3 Å². The molecule has 0 radical (unpaired) electrons. The fourth-order valence-corrected chi connectivity index (χ4v) is 3.23. The molecule has 0 unspecified atom stereocenters. The molecule has 0 fully saturated rings. The van der Waals surface area contributed by atoms with E-state index in [-0.39, 0.29) is 12.8 Å². The molecule has 1 aliphatic rings. The number of rotatable bonds is 5. The molecule has 1 aromatic heterocycles. The maximum absolute atomic E-state index is 12.7. The Balaban J connectivity index is 1.97. The zero-order valence-corrected chi connectivity index (χ0v) is 15.3. The minimum atomic E-state index is -0.363. The number of nitrogens with zero attached hydrogens (tertiary/aromatic N) is 1. The summed E-state index contributed by atoms with van der Waals surface area (Å²) in [5, 5.41) is 4.26. The van der Waals surface area contributed by atoms with Gasteiger partial charge in [-0.1, -0.05) is 18.2 Å². The highest BCUT2D eigenvalue weighted by atomic mass is 16.7. The number of carbonyl (C=O) groups excluding carboxylic acids is 1. The Morgan fingerprint density at radius 3 is 2.59 bits per heavy atom. The zero-order chi connectivity index (χ0) is 18.8. The van der Waals surface area contributed by atoms with E-state index in [2.05, 4.69) is 5.32 Å². The Bertz CT molecular complexity index is 1000. The van der Waals surface area contributed by atoms with Gasteiger partial charge in [0.25, 0.3) is 0 Å². The quantitative estimate of drug-likeness (QED) is 0.551. The molecule has 0 spiro atoms. The van der Waals surface area contributed by atoms with Gasteiger partial charge in [0.1, 0.15) is 12.1 Å². The molecule has 0 atom stereocenters. The van der Waals surface area contributed by atoms with Crippen LogP contribution in [0.25, 0.3) is 10.9 Å². The van der Waals surface area contributed by atoms with Crippen LogP contribution >= 0.6 is 0 Å². The topological polar surface area (TPSA) is 60.7 Å². The smallest absolute Gasteiger partial charge is 0.346 e. The van der Waals surface area contributed by atoms with Crippen molar-refractivity contribution < 1.29 is 23.6 Å². The van der Waals surface area contributed by atoms with Crippen molar-refractivity contribution in [2.45, 2.75) is 20.4 Å². The summed E-state index contributed by atoms with van der Waals surface area (Å²) in [6.45, 7) is 5.05. The van der Waals surface area contributed by atoms with Gasteiger partial charge in [0.15, 0.2) is 17.7 Å². The molecule has 6 heteroatoms. The van der Waals surface area contributed by atoms with Gasteiger partial charge in [0, 0.05) is 11.8 Å². The number of fused-ring (bicyclic) bond motifs is 2. The van der Waals surface area contributed by atoms with E-state index in [0.29, 0.717) is 35.9 Å². The third-order valence-electron chi connectivity index (χ3n) is 4.50. The lowest BCUT2D eigenvalue weighted by Gasteiger charge is -2.14. The molecular formula is C21H21N2O4+. The van der Waals surface area contributed by atoms with Crippen molar-refractivity contribution >= 4 is 28.2 Å². The average molecular weight is 365 g/mol. The number of para-hydroxylation sites is 1. The van der Waals surface area contributed by atoms with Crippen molar-refractivity contribution in [3.05, 3.63) is 54.2 Å². The summed E-state index contributed by atoms with van der Waals surface area (Å²) in [6.07, 6.45) is 1.83. The van der Waals surface area contributed by atoms with Crippen LogP contribution in [0.1, 0.15) is 24.2 Å². The molecule has 3 aromatic rings. The number of pyridine rings is 1. The molecule has 1 N–H and O–H groups in total. The number of nitrogens with one attached hydrogen (secondary N) is 1. The Morgan fingerprint density at radius 1 is 1.15 bits per heavy atom. The number of esters is 1. The second kappa shape index (κ2) is 7.15. The standard InChI is InChI=1S/C21H20N2O4/c1-3-23-12-16(21(24)25-4-2)20(22-14-8-6-5-7-9-14)15-10-18-19(11-17(15)23)27-13-26-18/h5-12H,3-4,13H2,1-2H3/p+1. The van der Waals surface area contributed by atoms with Gasteiger partial charge >= 0.3 is 5.97 Å². The fraction of sp³-hybridized carbons (Fsp3) is 0.238. The van der Waals surface area contributed by atoms with Gasteiger partial charge in [0.2, 0.25) is 12.3 Å². The van der Waals surface area contributed by atoms with Crippen LogP contribution in [0.4, 0.5) is 11.4 Å². The molecule has 27 heavy (non-hydrogen) atoms. The monoisotopic (exact) mass is 365 g/mol. The first-order chi connectivity index (χ1) is 13.2. The first-order valence-electron chi connectivity index (χ1n) is 9.00. The lowest BCUT2D eigenvalue weighted by atomic mass is 10.1. The van der Waals surface area contributed by atoms with Gasteiger partial charge in [-0.2, -0.15) is 4.57 Å². The Kier molecular flexibility index (Phi) is 4.54. The Labute approximate surface area is 157 Å². The molecule has 0 aliphatic carbocycles. The van der Waals surface area contributed by atoms with Crippen molar-refractivity contribution in [2.24, 2.45) is 0 Å². The average Bonchev–Trinajstić information content (AvgIpc) is 3.15. The Hall–Kier alpha value is -3.28. The predicted octanol–water partition coefficient (Wildman–Crippen LogP) is 3.80. The second-order valence-corrected chi connectivity index (χ2v) is 6.14. The molecule has 2 heterocycles. The van der Waals surface area contributed by atoms with Gasteiger partial charge in [-0.25, -0.2) is 4.79 Å². The highest BCUT2D eigenvalue weighted by Gasteiger charge is 2.27. The zero-order valence-electron chi connectivity index (χ0n) is 15.3. The minimum Gasteiger partial charge on any atom is -0.462 e. The van der Waals surface area contributed by atoms with E-state index in [0.717, 1.165) is 16.6 Å². The number of benzene rings is 2. The van der Waals surface area contributed by atoms with E-state index in [4.69, 9.17) is 14.2 Å². The first-order valence-corrected chi connectivity index (χ1v) is 9.00. The normalized spacial score (nSPS) is 12.2. The molecule has 0 bridgehead atoms. The number of aromatic nitrogens is 1. The summed E-state index contributed by atoms with van der Waals surface area (Å²) >= 11 is 0. The first kappa shape index (κ1) is 17.1. The minimum absolute atomic E-state index is 0.198. The molecule has 2 aromatic carbocycles. The summed E-state index contributed by atoms with van der Waals surface area (Å²) in [5.41, 5.74) is 3.01. The number of ether oxygens (including phenoxy) is 3. The van der Waals surface area contributed by atoms with Gasteiger partial charge in [-0.15, -0.1) is 0 Å². The molecule has 0 amide bonds. The molecule has 6 nitrogen and oxygen atoms in total. The molecule has 0 saturated heterocycles. The number of carbonyl (C=O) groups is 1. The second-order valence-electron chi connectivity index (χ2n) is 6.14. The third kappa shape index (κ3) is 3.14. The van der Waals surface area contributed by atoms with Crippen LogP contribution in [0.2, 0.25) is 0 Å². The van der Waals surface area contributed by atoms with Crippen LogP contribution in [0.15, 0.2) is 48.7 Å². The summed E-state index contributed by atoms with van der Waals surface area (Å²) < 4.78 is 18.4. The van der Waals surface area contributed by atoms with E-state index in [1.807, 2.05) is 60.2 Å². The van der Waals surface area contributed by atoms with Crippen LogP contribution in [0, 0.1) is 0 Å². The maximum atomic E-state index is 12.7. The molecule has 138 valence electrons. The molecule has 1 aliphatic heterocycles. The van der Waals surface area contributed by atoms with E-state index in [1.54, 1.807) is 6.92 Å². The molecule has 4 rings (SSSR count). The maximum Gasteiger partial charge on any atom is 0.346 e. The number of hydrogen-bond acceptors (Lipinski definition) is 5. The number of aryl methyl sites for hydroxylation is 1. The van der Waals surface area contributed by atoms with Crippen LogP contribution < -0.4 is 19.4 Å². The van der Waals surface area contributed by atoms with Crippen molar-refractivity contribution in [3.8, 4) is 11.5 Å². The lowest BCUT2D eigenvalue weighted by molar-refractivity contribution is -0.667. The van der Waals surface area contributed by atoms with Gasteiger partial charge in [0.05, 0.1) is 23.7 Å². The summed E-state index contributed by atoms with van der Waals surface area (Å²) in [5.74, 6) is 1.01. The van der Waals surface area contributed by atoms with Crippen LogP contribution in [0.3, 0.4) is 0 Å². The summed E-state index contributed by atoms with van der Waals surface area (Å²) in [7, 11) is 0. The van der Waals surface area contributed by atoms with Crippen molar-refractivity contribution in [2.75, 3.05) is 18.7 Å². The van der Waals surface area contributed by atoms with E-state index in [9.17, 15) is 4.79 Å². The fourth-order valence-electron chi connectivity index (χ4n) is 3.23. The summed E-state index contributed by atoms with van der Waals surface area (Å²) in [6, 6.07) is 13.6. The highest BCUT2D eigenvalue weighted by Crippen LogP contribution is 2.39. The van der Waals surface area contributed by atoms with E-state index >= 15 is 0 Å². The highest BCUT2D eigenvalue weighted by molar-refractivity contribution is 6.05. The van der Waals surface area contributed by atoms with Crippen molar-refractivity contribution in [1.29, 1.82) is 0 Å². The SMILES string of the molecule is CCOC(=O)c1c[n+](CC)c2cc3c(cc2c1Nc1ccccc1)OCO3. The largest absolute Gasteiger partial charge is 0.462 e. The van der Waals surface area contributed by atoms with E-state index < -0.39 is 0 Å². The third-order valence-corrected chi connectivity index (χ3v) is 4.50. The molecule has 0 saturated carbocycles. The van der Waals surface area contributed by atoms with Gasteiger partial charge in [-0.3, -0.25) is 0 Å². The summed E-state index contributed by atoms with van der Waals surface area (Å²) in [4.78, 5) is 12.7. The number of anilines is 2. The predicted molar refractivity (Wildman–Crippen MR) is 102 cm³/mol.